The average Bonchev–Trinajstić information content (AvgIpc) is 2.94. The van der Waals surface area contributed by atoms with Gasteiger partial charge in [-0.25, -0.2) is 14.8 Å². The maximum Gasteiger partial charge on any atom is 0.322 e. The van der Waals surface area contributed by atoms with Crippen molar-refractivity contribution in [2.45, 2.75) is 19.4 Å². The van der Waals surface area contributed by atoms with Crippen LogP contribution in [0.4, 0.5) is 10.5 Å². The number of methoxy groups -OCH3 is 1. The Morgan fingerprint density at radius 3 is 2.86 bits per heavy atom. The topological polar surface area (TPSA) is 76.6 Å². The van der Waals surface area contributed by atoms with Gasteiger partial charge in [-0.2, -0.15) is 0 Å². The Balaban J connectivity index is 2.23. The van der Waals surface area contributed by atoms with Gasteiger partial charge in [-0.15, -0.1) is 0 Å². The van der Waals surface area contributed by atoms with E-state index < -0.39 is 0 Å². The molecule has 22 heavy (non-hydrogen) atoms. The number of aryl methyl sites for hydroxylation is 1. The first kappa shape index (κ1) is 17.2. The van der Waals surface area contributed by atoms with Crippen molar-refractivity contribution in [3.8, 4) is 0 Å². The zero-order valence-corrected chi connectivity index (χ0v) is 13.9. The maximum atomic E-state index is 12.6. The lowest BCUT2D eigenvalue weighted by molar-refractivity contribution is 0.187. The molecule has 0 radical (unpaired) electrons. The van der Waals surface area contributed by atoms with E-state index in [1.807, 2.05) is 0 Å². The number of ether oxygens (including phenoxy) is 2. The number of rotatable bonds is 5. The summed E-state index contributed by atoms with van der Waals surface area (Å²) < 4.78 is 10.3. The van der Waals surface area contributed by atoms with Crippen LogP contribution in [0, 0.1) is 6.92 Å². The molecule has 0 spiro atoms. The van der Waals surface area contributed by atoms with Crippen LogP contribution in [0.3, 0.4) is 0 Å². The highest BCUT2D eigenvalue weighted by Crippen LogP contribution is 2.28. The van der Waals surface area contributed by atoms with Crippen molar-refractivity contribution in [3.05, 3.63) is 16.1 Å². The molecular formula is C13H18Cl2N4O3. The van der Waals surface area contributed by atoms with Gasteiger partial charge in [0.1, 0.15) is 5.69 Å². The van der Waals surface area contributed by atoms with Crippen LogP contribution in [-0.4, -0.2) is 55.5 Å². The van der Waals surface area contributed by atoms with Gasteiger partial charge in [-0.1, -0.05) is 11.6 Å². The fourth-order valence-corrected chi connectivity index (χ4v) is 2.78. The lowest BCUT2D eigenvalue weighted by Gasteiger charge is -2.26. The van der Waals surface area contributed by atoms with Crippen molar-refractivity contribution in [3.63, 3.8) is 0 Å². The molecule has 1 aliphatic rings. The number of amides is 2. The minimum atomic E-state index is -0.288. The Morgan fingerprint density at radius 2 is 2.27 bits per heavy atom. The Hall–Kier alpha value is -1.15. The van der Waals surface area contributed by atoms with Crippen LogP contribution in [0.15, 0.2) is 0 Å². The molecule has 0 aromatic carbocycles. The number of nitrogens with one attached hydrogen (secondary N) is 1. The molecule has 9 heteroatoms. The molecule has 7 nitrogen and oxygen atoms in total. The second-order valence-electron chi connectivity index (χ2n) is 4.87. The first-order valence-corrected chi connectivity index (χ1v) is 7.63. The number of nitrogens with zero attached hydrogens (tertiary/aromatic N) is 3. The summed E-state index contributed by atoms with van der Waals surface area (Å²) >= 11 is 11.9. The number of carbonyl (C=O) groups excluding carboxylic acids is 1. The summed E-state index contributed by atoms with van der Waals surface area (Å²) in [7, 11) is 1.56. The van der Waals surface area contributed by atoms with Gasteiger partial charge < -0.3 is 14.8 Å². The molecule has 0 saturated carbocycles. The van der Waals surface area contributed by atoms with Gasteiger partial charge >= 0.3 is 6.03 Å². The highest BCUT2D eigenvalue weighted by Gasteiger charge is 2.26. The molecule has 1 aromatic heterocycles. The summed E-state index contributed by atoms with van der Waals surface area (Å²) in [5, 5.41) is 3.09. The quantitative estimate of drug-likeness (QED) is 0.650. The first-order chi connectivity index (χ1) is 10.5. The van der Waals surface area contributed by atoms with Crippen molar-refractivity contribution in [2.75, 3.05) is 38.4 Å². The van der Waals surface area contributed by atoms with Crippen LogP contribution in [0.25, 0.3) is 0 Å². The van der Waals surface area contributed by atoms with Crippen LogP contribution in [0.1, 0.15) is 12.1 Å². The normalized spacial score (nSPS) is 17.5. The largest absolute Gasteiger partial charge is 0.383 e. The molecule has 0 aliphatic carbocycles. The highest BCUT2D eigenvalue weighted by atomic mass is 35.5. The number of halogens is 2. The standard InChI is InChI=1S/C13H18Cl2N4O3/c1-8-10(11(14)18-12(15)16-8)19(4-6-21-2)13(20)17-9-3-5-22-7-9/h9H,3-7H2,1-2H3,(H,17,20)/t9-/m1/s1. The fourth-order valence-electron chi connectivity index (χ4n) is 2.20. The van der Waals surface area contributed by atoms with Gasteiger partial charge in [0.05, 0.1) is 31.5 Å². The van der Waals surface area contributed by atoms with Crippen LogP contribution in [-0.2, 0) is 9.47 Å². The third-order valence-corrected chi connectivity index (χ3v) is 3.71. The number of urea groups is 1. The van der Waals surface area contributed by atoms with E-state index in [-0.39, 0.29) is 22.5 Å². The number of anilines is 1. The van der Waals surface area contributed by atoms with Crippen molar-refractivity contribution in [2.24, 2.45) is 0 Å². The molecule has 122 valence electrons. The van der Waals surface area contributed by atoms with Gasteiger partial charge in [0.25, 0.3) is 0 Å². The van der Waals surface area contributed by atoms with Gasteiger partial charge in [0.15, 0.2) is 5.15 Å². The molecule has 1 fully saturated rings. The molecule has 1 N–H and O–H groups in total. The van der Waals surface area contributed by atoms with Crippen molar-refractivity contribution >= 4 is 34.9 Å². The van der Waals surface area contributed by atoms with E-state index in [1.54, 1.807) is 14.0 Å². The zero-order chi connectivity index (χ0) is 16.1. The monoisotopic (exact) mass is 348 g/mol. The van der Waals surface area contributed by atoms with Crippen LogP contribution >= 0.6 is 23.2 Å². The zero-order valence-electron chi connectivity index (χ0n) is 12.4. The lowest BCUT2D eigenvalue weighted by Crippen LogP contribution is -2.47. The molecule has 0 unspecified atom stereocenters. The summed E-state index contributed by atoms with van der Waals surface area (Å²) in [5.74, 6) is 0. The maximum absolute atomic E-state index is 12.6. The van der Waals surface area contributed by atoms with E-state index in [1.165, 1.54) is 4.90 Å². The fraction of sp³-hybridized carbons (Fsp3) is 0.615. The molecule has 1 atom stereocenters. The molecule has 2 amide bonds. The minimum Gasteiger partial charge on any atom is -0.383 e. The predicted molar refractivity (Wildman–Crippen MR) is 83.8 cm³/mol. The number of hydrogen-bond acceptors (Lipinski definition) is 5. The Bertz CT molecular complexity index is 515. The third kappa shape index (κ3) is 4.19. The second-order valence-corrected chi connectivity index (χ2v) is 5.57. The van der Waals surface area contributed by atoms with Gasteiger partial charge in [0, 0.05) is 13.7 Å². The SMILES string of the molecule is COCCN(C(=O)N[C@@H]1CCOC1)c1c(C)nc(Cl)nc1Cl. The van der Waals surface area contributed by atoms with Crippen LogP contribution in [0.5, 0.6) is 0 Å². The predicted octanol–water partition coefficient (Wildman–Crippen LogP) is 2.04. The third-order valence-electron chi connectivity index (χ3n) is 3.28. The molecule has 1 aliphatic heterocycles. The summed E-state index contributed by atoms with van der Waals surface area (Å²) in [5.41, 5.74) is 0.957. The van der Waals surface area contributed by atoms with Gasteiger partial charge in [-0.3, -0.25) is 4.90 Å². The van der Waals surface area contributed by atoms with E-state index in [0.29, 0.717) is 37.7 Å². The summed E-state index contributed by atoms with van der Waals surface area (Å²) in [6.07, 6.45) is 0.785. The van der Waals surface area contributed by atoms with E-state index >= 15 is 0 Å². The van der Waals surface area contributed by atoms with Crippen molar-refractivity contribution < 1.29 is 14.3 Å². The van der Waals surface area contributed by atoms with Crippen molar-refractivity contribution in [1.29, 1.82) is 0 Å². The Morgan fingerprint density at radius 1 is 1.50 bits per heavy atom. The molecule has 2 heterocycles. The van der Waals surface area contributed by atoms with Crippen molar-refractivity contribution in [1.82, 2.24) is 15.3 Å². The van der Waals surface area contributed by atoms with E-state index in [0.717, 1.165) is 6.42 Å². The van der Waals surface area contributed by atoms with E-state index in [4.69, 9.17) is 32.7 Å². The molecule has 0 bridgehead atoms. The van der Waals surface area contributed by atoms with Gasteiger partial charge in [0.2, 0.25) is 5.28 Å². The second kappa shape index (κ2) is 7.92. The number of carbonyl (C=O) groups is 1. The van der Waals surface area contributed by atoms with Crippen LogP contribution < -0.4 is 10.2 Å². The summed E-state index contributed by atoms with van der Waals surface area (Å²) in [4.78, 5) is 22.0. The molecule has 1 aromatic rings. The smallest absolute Gasteiger partial charge is 0.322 e. The lowest BCUT2D eigenvalue weighted by atomic mass is 10.2. The summed E-state index contributed by atoms with van der Waals surface area (Å²) in [6.45, 7) is 3.55. The van der Waals surface area contributed by atoms with Crippen LogP contribution in [0.2, 0.25) is 10.4 Å². The Labute approximate surface area is 138 Å². The molecule has 1 saturated heterocycles. The van der Waals surface area contributed by atoms with E-state index in [9.17, 15) is 4.79 Å². The number of hydrogen-bond donors (Lipinski definition) is 1. The molecular weight excluding hydrogens is 331 g/mol. The number of aromatic nitrogens is 2. The van der Waals surface area contributed by atoms with E-state index in [2.05, 4.69) is 15.3 Å². The summed E-state index contributed by atoms with van der Waals surface area (Å²) in [6, 6.07) is -0.298. The first-order valence-electron chi connectivity index (χ1n) is 6.87. The van der Waals surface area contributed by atoms with Gasteiger partial charge in [-0.05, 0) is 24.9 Å². The molecule has 2 rings (SSSR count). The highest BCUT2D eigenvalue weighted by molar-refractivity contribution is 6.34. The average molecular weight is 349 g/mol. The minimum absolute atomic E-state index is 0.00940. The Kier molecular flexibility index (Phi) is 6.19.